The molecule has 6 heteroatoms. The molecule has 0 radical (unpaired) electrons. The summed E-state index contributed by atoms with van der Waals surface area (Å²) in [6, 6.07) is 0. The van der Waals surface area contributed by atoms with Crippen molar-refractivity contribution in [3.05, 3.63) is 0 Å². The Morgan fingerprint density at radius 1 is 0.929 bits per heavy atom. The average Bonchev–Trinajstić information content (AvgIpc) is 2.27. The standard InChI is InChI=1S/C8H14N2O4/c9-13-6(11)8(7(12)14-10)4-2-1-3-5-8/h1-5,9-10H2. The first kappa shape index (κ1) is 10.9. The van der Waals surface area contributed by atoms with E-state index in [1.165, 1.54) is 0 Å². The lowest BCUT2D eigenvalue weighted by atomic mass is 9.74. The fraction of sp³-hybridized carbons (Fsp3) is 0.750. The van der Waals surface area contributed by atoms with Crippen LogP contribution < -0.4 is 11.8 Å². The molecule has 0 spiro atoms. The lowest BCUT2D eigenvalue weighted by Gasteiger charge is -2.30. The highest BCUT2D eigenvalue weighted by Crippen LogP contribution is 2.38. The normalized spacial score (nSPS) is 19.9. The zero-order valence-corrected chi connectivity index (χ0v) is 7.82. The Morgan fingerprint density at radius 2 is 1.36 bits per heavy atom. The summed E-state index contributed by atoms with van der Waals surface area (Å²) < 4.78 is 0. The third-order valence-corrected chi connectivity index (χ3v) is 2.70. The Bertz CT molecular complexity index is 217. The number of hydrogen-bond donors (Lipinski definition) is 2. The topological polar surface area (TPSA) is 105 Å². The summed E-state index contributed by atoms with van der Waals surface area (Å²) in [6.07, 6.45) is 3.30. The molecule has 14 heavy (non-hydrogen) atoms. The van der Waals surface area contributed by atoms with E-state index in [1.54, 1.807) is 0 Å². The Balaban J connectivity index is 2.87. The minimum atomic E-state index is -1.28. The Kier molecular flexibility index (Phi) is 3.43. The van der Waals surface area contributed by atoms with Crippen molar-refractivity contribution in [3.63, 3.8) is 0 Å². The van der Waals surface area contributed by atoms with Gasteiger partial charge in [-0.05, 0) is 12.8 Å². The molecule has 1 fully saturated rings. The van der Waals surface area contributed by atoms with Gasteiger partial charge in [0.25, 0.3) is 0 Å². The molecule has 1 aliphatic carbocycles. The molecule has 0 atom stereocenters. The van der Waals surface area contributed by atoms with Gasteiger partial charge < -0.3 is 9.68 Å². The van der Waals surface area contributed by atoms with Crippen molar-refractivity contribution in [2.45, 2.75) is 32.1 Å². The van der Waals surface area contributed by atoms with Crippen molar-refractivity contribution >= 4 is 11.9 Å². The molecule has 4 N–H and O–H groups in total. The minimum absolute atomic E-state index is 0.388. The molecular weight excluding hydrogens is 188 g/mol. The van der Waals surface area contributed by atoms with Gasteiger partial charge in [-0.2, -0.15) is 11.8 Å². The predicted molar refractivity (Wildman–Crippen MR) is 46.1 cm³/mol. The van der Waals surface area contributed by atoms with Crippen LogP contribution in [0, 0.1) is 5.41 Å². The number of rotatable bonds is 2. The van der Waals surface area contributed by atoms with Gasteiger partial charge in [-0.25, -0.2) is 9.59 Å². The van der Waals surface area contributed by atoms with E-state index in [9.17, 15) is 9.59 Å². The van der Waals surface area contributed by atoms with Gasteiger partial charge in [-0.1, -0.05) is 19.3 Å². The molecule has 0 heterocycles. The van der Waals surface area contributed by atoms with Gasteiger partial charge in [0.2, 0.25) is 0 Å². The Labute approximate surface area is 81.4 Å². The summed E-state index contributed by atoms with van der Waals surface area (Å²) in [4.78, 5) is 31.0. The van der Waals surface area contributed by atoms with Crippen molar-refractivity contribution in [2.75, 3.05) is 0 Å². The van der Waals surface area contributed by atoms with Crippen LogP contribution in [-0.2, 0) is 19.3 Å². The van der Waals surface area contributed by atoms with Crippen LogP contribution in [0.4, 0.5) is 0 Å². The van der Waals surface area contributed by atoms with Gasteiger partial charge in [-0.3, -0.25) is 0 Å². The van der Waals surface area contributed by atoms with Crippen LogP contribution in [0.1, 0.15) is 32.1 Å². The lowest BCUT2D eigenvalue weighted by molar-refractivity contribution is -0.176. The third-order valence-electron chi connectivity index (χ3n) is 2.70. The zero-order valence-electron chi connectivity index (χ0n) is 7.82. The first-order valence-electron chi connectivity index (χ1n) is 4.50. The van der Waals surface area contributed by atoms with Gasteiger partial charge >= 0.3 is 11.9 Å². The van der Waals surface area contributed by atoms with Gasteiger partial charge in [0, 0.05) is 0 Å². The minimum Gasteiger partial charge on any atom is -0.372 e. The van der Waals surface area contributed by atoms with Gasteiger partial charge in [-0.15, -0.1) is 0 Å². The van der Waals surface area contributed by atoms with Crippen LogP contribution >= 0.6 is 0 Å². The molecule has 0 aromatic heterocycles. The number of carbonyl (C=O) groups excluding carboxylic acids is 2. The van der Waals surface area contributed by atoms with Crippen LogP contribution in [0.2, 0.25) is 0 Å². The molecule has 0 aromatic carbocycles. The lowest BCUT2D eigenvalue weighted by Crippen LogP contribution is -2.45. The highest BCUT2D eigenvalue weighted by atomic mass is 16.7. The maximum atomic E-state index is 11.4. The van der Waals surface area contributed by atoms with Crippen molar-refractivity contribution in [1.29, 1.82) is 0 Å². The second kappa shape index (κ2) is 4.39. The monoisotopic (exact) mass is 202 g/mol. The Hall–Kier alpha value is -1.14. The summed E-state index contributed by atoms with van der Waals surface area (Å²) in [5.74, 6) is 8.05. The molecule has 0 unspecified atom stereocenters. The Morgan fingerprint density at radius 3 is 1.71 bits per heavy atom. The van der Waals surface area contributed by atoms with E-state index in [-0.39, 0.29) is 0 Å². The van der Waals surface area contributed by atoms with E-state index < -0.39 is 17.4 Å². The molecule has 1 saturated carbocycles. The zero-order chi connectivity index (χ0) is 10.6. The average molecular weight is 202 g/mol. The van der Waals surface area contributed by atoms with Crippen LogP contribution in [0.5, 0.6) is 0 Å². The number of hydrogen-bond acceptors (Lipinski definition) is 6. The largest absolute Gasteiger partial charge is 0.372 e. The second-order valence-corrected chi connectivity index (χ2v) is 3.45. The third kappa shape index (κ3) is 1.71. The highest BCUT2D eigenvalue weighted by Gasteiger charge is 2.49. The van der Waals surface area contributed by atoms with Gasteiger partial charge in [0.1, 0.15) is 0 Å². The van der Waals surface area contributed by atoms with E-state index in [1.807, 2.05) is 0 Å². The van der Waals surface area contributed by atoms with E-state index in [4.69, 9.17) is 11.8 Å². The van der Waals surface area contributed by atoms with Gasteiger partial charge in [0.05, 0.1) is 0 Å². The maximum absolute atomic E-state index is 11.4. The first-order valence-corrected chi connectivity index (χ1v) is 4.50. The summed E-state index contributed by atoms with van der Waals surface area (Å²) >= 11 is 0. The van der Waals surface area contributed by atoms with E-state index >= 15 is 0 Å². The highest BCUT2D eigenvalue weighted by molar-refractivity contribution is 5.99. The van der Waals surface area contributed by atoms with Crippen molar-refractivity contribution < 1.29 is 19.3 Å². The molecule has 80 valence electrons. The van der Waals surface area contributed by atoms with Crippen LogP contribution in [0.25, 0.3) is 0 Å². The summed E-state index contributed by atoms with van der Waals surface area (Å²) in [6.45, 7) is 0. The summed E-state index contributed by atoms with van der Waals surface area (Å²) in [5.41, 5.74) is -1.28. The summed E-state index contributed by atoms with van der Waals surface area (Å²) in [5, 5.41) is 0. The number of nitrogens with two attached hydrogens (primary N) is 2. The molecule has 0 saturated heterocycles. The van der Waals surface area contributed by atoms with E-state index in [2.05, 4.69) is 9.68 Å². The van der Waals surface area contributed by atoms with Crippen molar-refractivity contribution in [3.8, 4) is 0 Å². The van der Waals surface area contributed by atoms with Crippen molar-refractivity contribution in [2.24, 2.45) is 17.2 Å². The summed E-state index contributed by atoms with van der Waals surface area (Å²) in [7, 11) is 0. The van der Waals surface area contributed by atoms with Crippen LogP contribution in [0.15, 0.2) is 0 Å². The molecule has 0 bridgehead atoms. The van der Waals surface area contributed by atoms with E-state index in [0.717, 1.165) is 19.3 Å². The van der Waals surface area contributed by atoms with Gasteiger partial charge in [0.15, 0.2) is 5.41 Å². The molecule has 6 nitrogen and oxygen atoms in total. The first-order chi connectivity index (χ1) is 6.67. The quantitative estimate of drug-likeness (QED) is 0.473. The fourth-order valence-corrected chi connectivity index (χ4v) is 1.87. The molecule has 0 amide bonds. The van der Waals surface area contributed by atoms with E-state index in [0.29, 0.717) is 12.8 Å². The second-order valence-electron chi connectivity index (χ2n) is 3.45. The molecule has 1 aliphatic rings. The van der Waals surface area contributed by atoms with Crippen LogP contribution in [-0.4, -0.2) is 11.9 Å². The maximum Gasteiger partial charge on any atom is 0.341 e. The van der Waals surface area contributed by atoms with Crippen molar-refractivity contribution in [1.82, 2.24) is 0 Å². The fourth-order valence-electron chi connectivity index (χ4n) is 1.87. The van der Waals surface area contributed by atoms with Crippen LogP contribution in [0.3, 0.4) is 0 Å². The molecular formula is C8H14N2O4. The number of carbonyl (C=O) groups is 2. The smallest absolute Gasteiger partial charge is 0.341 e. The SMILES string of the molecule is NOC(=O)C1(C(=O)ON)CCCCC1. The molecule has 0 aliphatic heterocycles. The molecule has 0 aromatic rings. The predicted octanol–water partition coefficient (Wildman–Crippen LogP) is -0.229. The molecule has 1 rings (SSSR count).